The van der Waals surface area contributed by atoms with Crippen LogP contribution in [0, 0.1) is 28.0 Å². The molecule has 1 aliphatic heterocycles. The van der Waals surface area contributed by atoms with Gasteiger partial charge in [0.2, 0.25) is 5.91 Å². The van der Waals surface area contributed by atoms with Crippen LogP contribution in [0.15, 0.2) is 42.5 Å². The van der Waals surface area contributed by atoms with Gasteiger partial charge in [-0.2, -0.15) is 0 Å². The van der Waals surface area contributed by atoms with E-state index in [1.165, 1.54) is 31.7 Å². The topological polar surface area (TPSA) is 49.4 Å². The van der Waals surface area contributed by atoms with Gasteiger partial charge in [-0.1, -0.05) is 38.1 Å². The van der Waals surface area contributed by atoms with Crippen LogP contribution in [-0.2, 0) is 17.8 Å². The van der Waals surface area contributed by atoms with Crippen molar-refractivity contribution in [3.63, 3.8) is 0 Å². The average Bonchev–Trinajstić information content (AvgIpc) is 2.74. The van der Waals surface area contributed by atoms with E-state index in [4.69, 9.17) is 0 Å². The zero-order valence-electron chi connectivity index (χ0n) is 20.8. The maximum Gasteiger partial charge on any atom is 0.254 e. The Bertz CT molecular complexity index is 1190. The van der Waals surface area contributed by atoms with Gasteiger partial charge >= 0.3 is 0 Å². The summed E-state index contributed by atoms with van der Waals surface area (Å²) >= 11 is 0. The zero-order valence-corrected chi connectivity index (χ0v) is 20.8. The summed E-state index contributed by atoms with van der Waals surface area (Å²) in [6.45, 7) is 5.64. The highest BCUT2D eigenvalue weighted by Gasteiger charge is 2.60. The molecule has 184 valence electrons. The predicted molar refractivity (Wildman–Crippen MR) is 134 cm³/mol. The number of hydrogen-bond donors (Lipinski definition) is 1. The molecule has 5 aliphatic rings. The second-order valence-electron chi connectivity index (χ2n) is 12.8. The lowest BCUT2D eigenvalue weighted by Crippen LogP contribution is -2.55. The number of benzene rings is 2. The molecular weight excluding hydrogens is 439 g/mol. The van der Waals surface area contributed by atoms with Gasteiger partial charge in [0.1, 0.15) is 5.82 Å². The molecular formula is C30H35FN2O2. The lowest BCUT2D eigenvalue weighted by Gasteiger charge is -2.65. The summed E-state index contributed by atoms with van der Waals surface area (Å²) in [6.07, 6.45) is 8.68. The molecule has 35 heavy (non-hydrogen) atoms. The number of fused-ring (bicyclic) bond motifs is 1. The summed E-state index contributed by atoms with van der Waals surface area (Å²) in [4.78, 5) is 28.3. The first-order valence-corrected chi connectivity index (χ1v) is 13.1. The first-order valence-electron chi connectivity index (χ1n) is 13.1. The zero-order chi connectivity index (χ0) is 24.4. The fraction of sp³-hybridized carbons (Fsp3) is 0.533. The molecule has 2 amide bonds. The first kappa shape index (κ1) is 22.8. The molecule has 2 aromatic rings. The molecule has 4 nitrogen and oxygen atoms in total. The van der Waals surface area contributed by atoms with E-state index in [0.717, 1.165) is 30.0 Å². The van der Waals surface area contributed by atoms with Crippen LogP contribution < -0.4 is 5.32 Å². The first-order chi connectivity index (χ1) is 16.6. The molecule has 2 atom stereocenters. The number of anilines is 1. The van der Waals surface area contributed by atoms with Gasteiger partial charge in [-0.25, -0.2) is 4.39 Å². The molecule has 4 bridgehead atoms. The molecule has 1 heterocycles. The van der Waals surface area contributed by atoms with Crippen molar-refractivity contribution in [1.29, 1.82) is 0 Å². The van der Waals surface area contributed by atoms with Crippen molar-refractivity contribution in [2.24, 2.45) is 22.2 Å². The molecule has 0 radical (unpaired) electrons. The van der Waals surface area contributed by atoms with E-state index >= 15 is 0 Å². The third-order valence-corrected chi connectivity index (χ3v) is 9.20. The SMILES string of the molecule is CC12CC3CC(C)(C1)CC(CC(=O)Nc1cccc4c1CCN(Cc1ccccc1F)C4=O)(C3)C2. The predicted octanol–water partition coefficient (Wildman–Crippen LogP) is 6.35. The Balaban J connectivity index is 1.18. The molecule has 2 aromatic carbocycles. The maximum atomic E-state index is 14.1. The van der Waals surface area contributed by atoms with Gasteiger partial charge in [-0.15, -0.1) is 0 Å². The van der Waals surface area contributed by atoms with Gasteiger partial charge in [0.05, 0.1) is 0 Å². The standard InChI is InChI=1S/C30H35FN2O2/c1-28-12-20-13-29(2,17-28)19-30(14-20,18-28)15-26(34)32-25-9-5-7-23-22(25)10-11-33(27(23)35)16-21-6-3-4-8-24(21)31/h3-9,20H,10-19H2,1-2H3,(H,32,34). The molecule has 4 saturated carbocycles. The highest BCUT2D eigenvalue weighted by atomic mass is 19.1. The van der Waals surface area contributed by atoms with E-state index in [0.29, 0.717) is 41.3 Å². The van der Waals surface area contributed by atoms with Crippen LogP contribution in [0.25, 0.3) is 0 Å². The molecule has 5 heteroatoms. The molecule has 4 aliphatic carbocycles. The van der Waals surface area contributed by atoms with E-state index in [1.807, 2.05) is 18.2 Å². The van der Waals surface area contributed by atoms with E-state index in [-0.39, 0.29) is 29.6 Å². The normalized spacial score (nSPS) is 33.1. The average molecular weight is 475 g/mol. The third kappa shape index (κ3) is 4.07. The summed E-state index contributed by atoms with van der Waals surface area (Å²) in [7, 11) is 0. The van der Waals surface area contributed by atoms with Crippen LogP contribution in [0.4, 0.5) is 10.1 Å². The van der Waals surface area contributed by atoms with Crippen molar-refractivity contribution in [2.45, 2.75) is 71.8 Å². The van der Waals surface area contributed by atoms with Gasteiger partial charge < -0.3 is 10.2 Å². The van der Waals surface area contributed by atoms with Gasteiger partial charge in [0.25, 0.3) is 5.91 Å². The molecule has 1 N–H and O–H groups in total. The minimum Gasteiger partial charge on any atom is -0.334 e. The third-order valence-electron chi connectivity index (χ3n) is 9.20. The van der Waals surface area contributed by atoms with Gasteiger partial charge in [0, 0.05) is 36.3 Å². The Morgan fingerprint density at radius 3 is 2.49 bits per heavy atom. The van der Waals surface area contributed by atoms with Crippen LogP contribution in [0.2, 0.25) is 0 Å². The van der Waals surface area contributed by atoms with E-state index in [2.05, 4.69) is 19.2 Å². The van der Waals surface area contributed by atoms with E-state index < -0.39 is 0 Å². The van der Waals surface area contributed by atoms with Crippen molar-refractivity contribution < 1.29 is 14.0 Å². The second kappa shape index (κ2) is 7.91. The molecule has 7 rings (SSSR count). The Kier molecular flexibility index (Phi) is 5.14. The minimum absolute atomic E-state index is 0.0776. The van der Waals surface area contributed by atoms with Crippen molar-refractivity contribution in [2.75, 3.05) is 11.9 Å². The van der Waals surface area contributed by atoms with Crippen LogP contribution in [0.1, 0.15) is 80.3 Å². The van der Waals surface area contributed by atoms with Crippen molar-refractivity contribution >= 4 is 17.5 Å². The summed E-state index contributed by atoms with van der Waals surface area (Å²) < 4.78 is 14.1. The van der Waals surface area contributed by atoms with Crippen LogP contribution >= 0.6 is 0 Å². The molecule has 0 saturated heterocycles. The number of nitrogens with one attached hydrogen (secondary N) is 1. The van der Waals surface area contributed by atoms with Gasteiger partial charge in [-0.3, -0.25) is 9.59 Å². The number of carbonyl (C=O) groups excluding carboxylic acids is 2. The highest BCUT2D eigenvalue weighted by Crippen LogP contribution is 2.70. The number of hydrogen-bond acceptors (Lipinski definition) is 2. The minimum atomic E-state index is -0.292. The smallest absolute Gasteiger partial charge is 0.254 e. The largest absolute Gasteiger partial charge is 0.334 e. The lowest BCUT2D eigenvalue weighted by atomic mass is 9.40. The number of rotatable bonds is 5. The number of amides is 2. The second-order valence-corrected chi connectivity index (χ2v) is 12.8. The Morgan fingerprint density at radius 1 is 1.03 bits per heavy atom. The van der Waals surface area contributed by atoms with Crippen molar-refractivity contribution in [3.05, 3.63) is 65.0 Å². The lowest BCUT2D eigenvalue weighted by molar-refractivity contribution is -0.153. The Morgan fingerprint density at radius 2 is 1.77 bits per heavy atom. The van der Waals surface area contributed by atoms with Gasteiger partial charge in [0.15, 0.2) is 0 Å². The number of halogens is 1. The fourth-order valence-corrected chi connectivity index (χ4v) is 9.09. The van der Waals surface area contributed by atoms with Crippen LogP contribution in [0.3, 0.4) is 0 Å². The Labute approximate surface area is 207 Å². The molecule has 2 unspecified atom stereocenters. The summed E-state index contributed by atoms with van der Waals surface area (Å²) in [6, 6.07) is 12.2. The van der Waals surface area contributed by atoms with E-state index in [1.54, 1.807) is 23.1 Å². The van der Waals surface area contributed by atoms with Crippen LogP contribution in [-0.4, -0.2) is 23.3 Å². The number of nitrogens with zero attached hydrogens (tertiary/aromatic N) is 1. The highest BCUT2D eigenvalue weighted by molar-refractivity contribution is 6.00. The van der Waals surface area contributed by atoms with Gasteiger partial charge in [-0.05, 0) is 90.9 Å². The fourth-order valence-electron chi connectivity index (χ4n) is 9.09. The summed E-state index contributed by atoms with van der Waals surface area (Å²) in [5, 5.41) is 3.19. The summed E-state index contributed by atoms with van der Waals surface area (Å²) in [5.74, 6) is 0.442. The molecule has 0 spiro atoms. The van der Waals surface area contributed by atoms with Crippen molar-refractivity contribution in [1.82, 2.24) is 4.90 Å². The Hall–Kier alpha value is -2.69. The monoisotopic (exact) mass is 474 g/mol. The van der Waals surface area contributed by atoms with Crippen molar-refractivity contribution in [3.8, 4) is 0 Å². The van der Waals surface area contributed by atoms with E-state index in [9.17, 15) is 14.0 Å². The maximum absolute atomic E-state index is 14.1. The molecule has 0 aromatic heterocycles. The van der Waals surface area contributed by atoms with Crippen LogP contribution in [0.5, 0.6) is 0 Å². The molecule has 4 fully saturated rings. The summed E-state index contributed by atoms with van der Waals surface area (Å²) in [5.41, 5.74) is 3.68. The quantitative estimate of drug-likeness (QED) is 0.549. The number of carbonyl (C=O) groups is 2.